The van der Waals surface area contributed by atoms with Crippen molar-refractivity contribution in [2.45, 2.75) is 31.1 Å². The lowest BCUT2D eigenvalue weighted by molar-refractivity contribution is 0.243. The molecule has 1 aliphatic carbocycles. The molecule has 3 heteroatoms. The van der Waals surface area contributed by atoms with Gasteiger partial charge < -0.3 is 5.32 Å². The zero-order valence-electron chi connectivity index (χ0n) is 9.81. The van der Waals surface area contributed by atoms with E-state index in [2.05, 4.69) is 17.4 Å². The summed E-state index contributed by atoms with van der Waals surface area (Å²) in [6, 6.07) is 6.19. The smallest absolute Gasteiger partial charge is 0.0595 e. The van der Waals surface area contributed by atoms with Crippen LogP contribution >= 0.6 is 23.2 Å². The predicted octanol–water partition coefficient (Wildman–Crippen LogP) is 4.02. The Kier molecular flexibility index (Phi) is 3.10. The fourth-order valence-corrected chi connectivity index (χ4v) is 3.90. The third-order valence-electron chi connectivity index (χ3n) is 4.53. The number of hydrogen-bond donors (Lipinski definition) is 1. The molecule has 0 amide bonds. The van der Waals surface area contributed by atoms with E-state index < -0.39 is 0 Å². The first-order valence-corrected chi connectivity index (χ1v) is 7.14. The number of benzene rings is 1. The zero-order valence-corrected chi connectivity index (χ0v) is 11.3. The van der Waals surface area contributed by atoms with Crippen LogP contribution in [-0.2, 0) is 5.41 Å². The van der Waals surface area contributed by atoms with Crippen molar-refractivity contribution in [3.63, 3.8) is 0 Å². The Hall–Kier alpha value is -0.240. The first-order valence-electron chi connectivity index (χ1n) is 6.39. The summed E-state index contributed by atoms with van der Waals surface area (Å²) in [7, 11) is 0. The van der Waals surface area contributed by atoms with E-state index in [0.717, 1.165) is 19.0 Å². The number of fused-ring (bicyclic) bond motifs is 1. The van der Waals surface area contributed by atoms with Crippen molar-refractivity contribution in [2.75, 3.05) is 13.1 Å². The molecule has 0 aromatic heterocycles. The zero-order chi connectivity index (χ0) is 11.9. The van der Waals surface area contributed by atoms with Gasteiger partial charge in [0.15, 0.2) is 0 Å². The van der Waals surface area contributed by atoms with Gasteiger partial charge in [-0.05, 0) is 43.0 Å². The Morgan fingerprint density at radius 2 is 2.06 bits per heavy atom. The van der Waals surface area contributed by atoms with Crippen molar-refractivity contribution in [2.24, 2.45) is 5.92 Å². The van der Waals surface area contributed by atoms with Gasteiger partial charge in [-0.15, -0.1) is 0 Å². The van der Waals surface area contributed by atoms with Gasteiger partial charge in [0.25, 0.3) is 0 Å². The Morgan fingerprint density at radius 3 is 2.88 bits per heavy atom. The highest BCUT2D eigenvalue weighted by atomic mass is 35.5. The molecular formula is C14H17Cl2N. The summed E-state index contributed by atoms with van der Waals surface area (Å²) in [5, 5.41) is 4.91. The van der Waals surface area contributed by atoms with Crippen LogP contribution in [0.2, 0.25) is 10.0 Å². The number of hydrogen-bond acceptors (Lipinski definition) is 1. The van der Waals surface area contributed by atoms with Crippen LogP contribution in [-0.4, -0.2) is 13.1 Å². The van der Waals surface area contributed by atoms with Crippen molar-refractivity contribution in [3.05, 3.63) is 33.8 Å². The molecule has 1 N–H and O–H groups in total. The third kappa shape index (κ3) is 1.89. The van der Waals surface area contributed by atoms with Gasteiger partial charge >= 0.3 is 0 Å². The van der Waals surface area contributed by atoms with E-state index in [1.54, 1.807) is 0 Å². The lowest BCUT2D eigenvalue weighted by Gasteiger charge is -2.39. The summed E-state index contributed by atoms with van der Waals surface area (Å²) in [5.74, 6) is 0.772. The second kappa shape index (κ2) is 4.46. The molecule has 1 aromatic carbocycles. The second-order valence-corrected chi connectivity index (χ2v) is 6.17. The van der Waals surface area contributed by atoms with Crippen molar-refractivity contribution < 1.29 is 0 Å². The molecule has 2 aliphatic rings. The van der Waals surface area contributed by atoms with Crippen molar-refractivity contribution >= 4 is 23.2 Å². The minimum atomic E-state index is 0.312. The van der Waals surface area contributed by atoms with E-state index in [0.29, 0.717) is 15.5 Å². The van der Waals surface area contributed by atoms with Gasteiger partial charge in [0.1, 0.15) is 0 Å². The molecule has 1 saturated carbocycles. The van der Waals surface area contributed by atoms with Gasteiger partial charge in [-0.25, -0.2) is 0 Å². The average molecular weight is 270 g/mol. The minimum absolute atomic E-state index is 0.312. The monoisotopic (exact) mass is 269 g/mol. The molecule has 1 aliphatic heterocycles. The standard InChI is InChI=1S/C14H17Cl2N/c15-12-5-4-10(7-13(12)16)14-6-2-1-3-11(14)8-17-9-14/h4-5,7,11,17H,1-3,6,8-9H2/t11-,14+/m0/s1. The summed E-state index contributed by atoms with van der Waals surface area (Å²) in [5.41, 5.74) is 1.69. The molecule has 1 heterocycles. The van der Waals surface area contributed by atoms with E-state index in [9.17, 15) is 0 Å². The van der Waals surface area contributed by atoms with Crippen LogP contribution in [0.4, 0.5) is 0 Å². The topological polar surface area (TPSA) is 12.0 Å². The Balaban J connectivity index is 2.02. The average Bonchev–Trinajstić information content (AvgIpc) is 2.77. The van der Waals surface area contributed by atoms with Crippen molar-refractivity contribution in [1.82, 2.24) is 5.32 Å². The number of nitrogens with one attached hydrogen (secondary N) is 1. The molecule has 0 unspecified atom stereocenters. The normalized spacial score (nSPS) is 32.5. The molecule has 1 nitrogen and oxygen atoms in total. The highest BCUT2D eigenvalue weighted by molar-refractivity contribution is 6.42. The van der Waals surface area contributed by atoms with Crippen LogP contribution < -0.4 is 5.32 Å². The van der Waals surface area contributed by atoms with Crippen LogP contribution in [0.1, 0.15) is 31.2 Å². The molecular weight excluding hydrogens is 253 g/mol. The highest BCUT2D eigenvalue weighted by Crippen LogP contribution is 2.46. The third-order valence-corrected chi connectivity index (χ3v) is 5.27. The lowest BCUT2D eigenvalue weighted by atomic mass is 9.64. The molecule has 17 heavy (non-hydrogen) atoms. The first kappa shape index (κ1) is 11.8. The van der Waals surface area contributed by atoms with E-state index >= 15 is 0 Å². The SMILES string of the molecule is Clc1ccc([C@]23CCCC[C@H]2CNC3)cc1Cl. The minimum Gasteiger partial charge on any atom is -0.316 e. The summed E-state index contributed by atoms with van der Waals surface area (Å²) in [6.07, 6.45) is 5.32. The van der Waals surface area contributed by atoms with E-state index in [1.807, 2.05) is 6.07 Å². The maximum Gasteiger partial charge on any atom is 0.0595 e. The van der Waals surface area contributed by atoms with Gasteiger partial charge in [-0.1, -0.05) is 42.1 Å². The Bertz CT molecular complexity index is 432. The van der Waals surface area contributed by atoms with Crippen LogP contribution in [0, 0.1) is 5.92 Å². The summed E-state index contributed by atoms with van der Waals surface area (Å²) >= 11 is 12.2. The molecule has 3 rings (SSSR count). The molecule has 1 aromatic rings. The van der Waals surface area contributed by atoms with Crippen molar-refractivity contribution in [1.29, 1.82) is 0 Å². The van der Waals surface area contributed by atoms with Crippen LogP contribution in [0.5, 0.6) is 0 Å². The predicted molar refractivity (Wildman–Crippen MR) is 73.0 cm³/mol. The van der Waals surface area contributed by atoms with Gasteiger partial charge in [0.05, 0.1) is 10.0 Å². The van der Waals surface area contributed by atoms with Crippen LogP contribution in [0.15, 0.2) is 18.2 Å². The van der Waals surface area contributed by atoms with Crippen LogP contribution in [0.25, 0.3) is 0 Å². The van der Waals surface area contributed by atoms with Gasteiger partial charge in [0, 0.05) is 12.0 Å². The fourth-order valence-electron chi connectivity index (χ4n) is 3.60. The van der Waals surface area contributed by atoms with Gasteiger partial charge in [-0.2, -0.15) is 0 Å². The number of halogens is 2. The Morgan fingerprint density at radius 1 is 1.18 bits per heavy atom. The largest absolute Gasteiger partial charge is 0.316 e. The van der Waals surface area contributed by atoms with E-state index in [4.69, 9.17) is 23.2 Å². The maximum atomic E-state index is 6.17. The highest BCUT2D eigenvalue weighted by Gasteiger charge is 2.45. The molecule has 0 bridgehead atoms. The molecule has 92 valence electrons. The first-order chi connectivity index (χ1) is 8.22. The summed E-state index contributed by atoms with van der Waals surface area (Å²) in [4.78, 5) is 0. The molecule has 0 spiro atoms. The summed E-state index contributed by atoms with van der Waals surface area (Å²) < 4.78 is 0. The van der Waals surface area contributed by atoms with E-state index in [-0.39, 0.29) is 0 Å². The molecule has 1 saturated heterocycles. The fraction of sp³-hybridized carbons (Fsp3) is 0.571. The van der Waals surface area contributed by atoms with Gasteiger partial charge in [0.2, 0.25) is 0 Å². The molecule has 0 radical (unpaired) electrons. The summed E-state index contributed by atoms with van der Waals surface area (Å²) in [6.45, 7) is 2.25. The van der Waals surface area contributed by atoms with Crippen LogP contribution in [0.3, 0.4) is 0 Å². The molecule has 2 fully saturated rings. The second-order valence-electron chi connectivity index (χ2n) is 5.36. The molecule has 2 atom stereocenters. The van der Waals surface area contributed by atoms with Crippen molar-refractivity contribution in [3.8, 4) is 0 Å². The number of rotatable bonds is 1. The Labute approximate surface area is 112 Å². The lowest BCUT2D eigenvalue weighted by Crippen LogP contribution is -2.37. The quantitative estimate of drug-likeness (QED) is 0.812. The van der Waals surface area contributed by atoms with E-state index in [1.165, 1.54) is 31.2 Å². The van der Waals surface area contributed by atoms with Gasteiger partial charge in [-0.3, -0.25) is 0 Å². The maximum absolute atomic E-state index is 6.17.